The summed E-state index contributed by atoms with van der Waals surface area (Å²) in [6.45, 7) is 0. The molecule has 0 radical (unpaired) electrons. The monoisotopic (exact) mass is 428 g/mol. The van der Waals surface area contributed by atoms with Crippen molar-refractivity contribution in [2.24, 2.45) is 5.16 Å². The number of oxime groups is 1. The minimum absolute atomic E-state index is 0.183. The first-order chi connectivity index (χ1) is 14.5. The van der Waals surface area contributed by atoms with Crippen LogP contribution in [-0.2, 0) is 4.84 Å². The number of pyridine rings is 1. The number of halogens is 1. The van der Waals surface area contributed by atoms with Gasteiger partial charge in [-0.15, -0.1) is 10.2 Å². The first-order valence-corrected chi connectivity index (χ1v) is 9.59. The lowest BCUT2D eigenvalue weighted by Crippen LogP contribution is -2.13. The zero-order chi connectivity index (χ0) is 21.1. The van der Waals surface area contributed by atoms with Crippen LogP contribution in [-0.4, -0.2) is 47.6 Å². The SMILES string of the molecule is CO/N=C/c1cc(C(Oc2ccc3nc(N(C)C)sc3c2)c2nnco2)ncc1F. The number of aromatic nitrogens is 4. The highest BCUT2D eigenvalue weighted by Crippen LogP contribution is 2.33. The van der Waals surface area contributed by atoms with Crippen molar-refractivity contribution in [1.82, 2.24) is 20.2 Å². The largest absolute Gasteiger partial charge is 0.474 e. The standard InChI is InChI=1S/C19H17FN6O3S/c1-26(2)19-24-14-5-4-12(7-16(14)30-19)29-17(18-25-22-10-28-18)15-6-11(8-23-27-3)13(20)9-21-15/h4-10,17H,1-3H3/b23-8+. The maximum absolute atomic E-state index is 14.1. The maximum Gasteiger partial charge on any atom is 0.263 e. The van der Waals surface area contributed by atoms with Gasteiger partial charge in [-0.05, 0) is 24.3 Å². The van der Waals surface area contributed by atoms with Crippen molar-refractivity contribution in [2.75, 3.05) is 26.1 Å². The Labute approximate surface area is 174 Å². The molecule has 0 amide bonds. The molecule has 0 aliphatic heterocycles. The molecule has 0 bridgehead atoms. The molecule has 3 aromatic heterocycles. The molecule has 11 heteroatoms. The van der Waals surface area contributed by atoms with Gasteiger partial charge >= 0.3 is 0 Å². The highest BCUT2D eigenvalue weighted by molar-refractivity contribution is 7.22. The predicted octanol–water partition coefficient (Wildman–Crippen LogP) is 3.43. The minimum atomic E-state index is -0.846. The number of nitrogens with zero attached hydrogens (tertiary/aromatic N) is 6. The van der Waals surface area contributed by atoms with Crippen LogP contribution in [0, 0.1) is 5.82 Å². The lowest BCUT2D eigenvalue weighted by molar-refractivity contribution is 0.203. The Morgan fingerprint density at radius 3 is 2.90 bits per heavy atom. The number of fused-ring (bicyclic) bond motifs is 1. The molecule has 154 valence electrons. The molecule has 1 aromatic carbocycles. The fraction of sp³-hybridized carbons (Fsp3) is 0.211. The Bertz CT molecular complexity index is 1180. The lowest BCUT2D eigenvalue weighted by Gasteiger charge is -2.16. The van der Waals surface area contributed by atoms with E-state index >= 15 is 0 Å². The van der Waals surface area contributed by atoms with Gasteiger partial charge in [0.25, 0.3) is 5.89 Å². The average molecular weight is 428 g/mol. The second-order valence-corrected chi connectivity index (χ2v) is 7.35. The molecule has 4 rings (SSSR count). The van der Waals surface area contributed by atoms with Crippen molar-refractivity contribution in [3.63, 3.8) is 0 Å². The lowest BCUT2D eigenvalue weighted by atomic mass is 10.1. The molecule has 0 saturated heterocycles. The van der Waals surface area contributed by atoms with E-state index in [9.17, 15) is 4.39 Å². The van der Waals surface area contributed by atoms with E-state index in [1.54, 1.807) is 17.4 Å². The summed E-state index contributed by atoms with van der Waals surface area (Å²) in [4.78, 5) is 15.3. The molecule has 0 aliphatic carbocycles. The molecular formula is C19H17FN6O3S. The summed E-state index contributed by atoms with van der Waals surface area (Å²) in [5.41, 5.74) is 1.42. The third kappa shape index (κ3) is 4.06. The molecule has 0 aliphatic rings. The fourth-order valence-corrected chi connectivity index (χ4v) is 3.57. The Morgan fingerprint density at radius 2 is 2.17 bits per heavy atom. The van der Waals surface area contributed by atoms with Gasteiger partial charge in [-0.25, -0.2) is 9.37 Å². The highest BCUT2D eigenvalue weighted by Gasteiger charge is 2.24. The minimum Gasteiger partial charge on any atom is -0.474 e. The number of hydrogen-bond donors (Lipinski definition) is 0. The molecule has 0 fully saturated rings. The first-order valence-electron chi connectivity index (χ1n) is 8.77. The van der Waals surface area contributed by atoms with Crippen molar-refractivity contribution in [1.29, 1.82) is 0 Å². The van der Waals surface area contributed by atoms with Crippen LogP contribution in [0.3, 0.4) is 0 Å². The van der Waals surface area contributed by atoms with Gasteiger partial charge in [0, 0.05) is 19.7 Å². The van der Waals surface area contributed by atoms with E-state index in [1.165, 1.54) is 25.8 Å². The smallest absolute Gasteiger partial charge is 0.263 e. The third-order valence-corrected chi connectivity index (χ3v) is 5.24. The second kappa shape index (κ2) is 8.41. The van der Waals surface area contributed by atoms with E-state index in [1.807, 2.05) is 31.1 Å². The van der Waals surface area contributed by atoms with Gasteiger partial charge < -0.3 is 18.9 Å². The first kappa shape index (κ1) is 19.7. The van der Waals surface area contributed by atoms with Crippen LogP contribution in [0.25, 0.3) is 10.2 Å². The zero-order valence-corrected chi connectivity index (χ0v) is 17.1. The third-order valence-electron chi connectivity index (χ3n) is 4.06. The molecule has 3 heterocycles. The van der Waals surface area contributed by atoms with Crippen LogP contribution < -0.4 is 9.64 Å². The summed E-state index contributed by atoms with van der Waals surface area (Å²) in [5, 5.41) is 12.2. The molecule has 30 heavy (non-hydrogen) atoms. The van der Waals surface area contributed by atoms with Crippen LogP contribution in [0.5, 0.6) is 5.75 Å². The Morgan fingerprint density at radius 1 is 1.30 bits per heavy atom. The van der Waals surface area contributed by atoms with Crippen molar-refractivity contribution >= 4 is 32.9 Å². The van der Waals surface area contributed by atoms with Crippen LogP contribution in [0.2, 0.25) is 0 Å². The quantitative estimate of drug-likeness (QED) is 0.326. The van der Waals surface area contributed by atoms with Crippen LogP contribution in [0.15, 0.2) is 46.4 Å². The second-order valence-electron chi connectivity index (χ2n) is 6.34. The van der Waals surface area contributed by atoms with Gasteiger partial charge in [-0.2, -0.15) is 0 Å². The van der Waals surface area contributed by atoms with Gasteiger partial charge in [-0.1, -0.05) is 16.5 Å². The summed E-state index contributed by atoms with van der Waals surface area (Å²) in [6, 6.07) is 7.03. The Kier molecular flexibility index (Phi) is 5.53. The number of thiazole rings is 1. The molecule has 1 unspecified atom stereocenters. The molecule has 0 saturated carbocycles. The summed E-state index contributed by atoms with van der Waals surface area (Å²) >= 11 is 1.54. The van der Waals surface area contributed by atoms with E-state index in [4.69, 9.17) is 9.15 Å². The van der Waals surface area contributed by atoms with E-state index < -0.39 is 11.9 Å². The highest BCUT2D eigenvalue weighted by atomic mass is 32.1. The fourth-order valence-electron chi connectivity index (χ4n) is 2.65. The van der Waals surface area contributed by atoms with Gasteiger partial charge in [0.1, 0.15) is 18.7 Å². The molecule has 0 spiro atoms. The maximum atomic E-state index is 14.1. The normalized spacial score (nSPS) is 12.4. The Hall–Kier alpha value is -3.60. The molecular weight excluding hydrogens is 411 g/mol. The number of anilines is 1. The summed E-state index contributed by atoms with van der Waals surface area (Å²) in [5.74, 6) is 0.186. The van der Waals surface area contributed by atoms with Crippen molar-refractivity contribution in [2.45, 2.75) is 6.10 Å². The average Bonchev–Trinajstić information content (AvgIpc) is 3.41. The topological polar surface area (TPSA) is 98.8 Å². The molecule has 0 N–H and O–H groups in total. The zero-order valence-electron chi connectivity index (χ0n) is 16.3. The molecule has 4 aromatic rings. The number of ether oxygens (including phenoxy) is 1. The van der Waals surface area contributed by atoms with Crippen molar-refractivity contribution in [3.05, 3.63) is 59.8 Å². The summed E-state index contributed by atoms with van der Waals surface area (Å²) in [6.07, 6.45) is 2.67. The molecule has 9 nitrogen and oxygen atoms in total. The Balaban J connectivity index is 1.71. The van der Waals surface area contributed by atoms with Gasteiger partial charge in [0.2, 0.25) is 12.5 Å². The number of benzene rings is 1. The van der Waals surface area contributed by atoms with E-state index in [2.05, 4.69) is 30.2 Å². The number of rotatable bonds is 7. The van der Waals surface area contributed by atoms with Gasteiger partial charge in [0.05, 0.1) is 28.3 Å². The van der Waals surface area contributed by atoms with E-state index in [0.717, 1.165) is 21.5 Å². The van der Waals surface area contributed by atoms with Crippen molar-refractivity contribution in [3.8, 4) is 5.75 Å². The van der Waals surface area contributed by atoms with E-state index in [-0.39, 0.29) is 11.5 Å². The predicted molar refractivity (Wildman–Crippen MR) is 110 cm³/mol. The molecule has 1 atom stereocenters. The summed E-state index contributed by atoms with van der Waals surface area (Å²) in [7, 11) is 5.25. The summed E-state index contributed by atoms with van der Waals surface area (Å²) < 4.78 is 26.5. The van der Waals surface area contributed by atoms with Crippen LogP contribution in [0.4, 0.5) is 9.52 Å². The van der Waals surface area contributed by atoms with Gasteiger partial charge in [-0.3, -0.25) is 4.98 Å². The van der Waals surface area contributed by atoms with Crippen LogP contribution >= 0.6 is 11.3 Å². The van der Waals surface area contributed by atoms with Gasteiger partial charge in [0.15, 0.2) is 5.13 Å². The van der Waals surface area contributed by atoms with E-state index in [0.29, 0.717) is 11.4 Å². The van der Waals surface area contributed by atoms with Crippen LogP contribution in [0.1, 0.15) is 23.3 Å². The van der Waals surface area contributed by atoms with Crippen molar-refractivity contribution < 1.29 is 18.4 Å². The number of hydrogen-bond acceptors (Lipinski definition) is 10.